The molecule has 146 valence electrons. The molecule has 0 radical (unpaired) electrons. The van der Waals surface area contributed by atoms with E-state index in [0.29, 0.717) is 5.69 Å². The first-order valence-corrected chi connectivity index (χ1v) is 9.26. The van der Waals surface area contributed by atoms with Crippen LogP contribution in [0.5, 0.6) is 5.75 Å². The monoisotopic (exact) mass is 385 g/mol. The van der Waals surface area contributed by atoms with Gasteiger partial charge in [-0.1, -0.05) is 12.1 Å². The summed E-state index contributed by atoms with van der Waals surface area (Å²) < 4.78 is 7.21. The molecule has 0 fully saturated rings. The fraction of sp³-hybridized carbons (Fsp3) is 0.167. The number of rotatable bonds is 5. The molecule has 0 aliphatic rings. The number of amides is 1. The number of anilines is 1. The van der Waals surface area contributed by atoms with Crippen molar-refractivity contribution in [1.82, 2.24) is 4.57 Å². The van der Waals surface area contributed by atoms with Gasteiger partial charge in [-0.2, -0.15) is 5.26 Å². The van der Waals surface area contributed by atoms with E-state index >= 15 is 0 Å². The minimum absolute atomic E-state index is 0.0405. The Bertz CT molecular complexity index is 1120. The van der Waals surface area contributed by atoms with Crippen molar-refractivity contribution >= 4 is 17.7 Å². The average Bonchev–Trinajstić information content (AvgIpc) is 3.09. The Morgan fingerprint density at radius 3 is 2.45 bits per heavy atom. The van der Waals surface area contributed by atoms with Crippen molar-refractivity contribution in [2.45, 2.75) is 20.8 Å². The van der Waals surface area contributed by atoms with Gasteiger partial charge in [-0.25, -0.2) is 0 Å². The number of aryl methyl sites for hydroxylation is 2. The molecule has 0 atom stereocenters. The summed E-state index contributed by atoms with van der Waals surface area (Å²) in [5.74, 6) is 0.336. The van der Waals surface area contributed by atoms with Gasteiger partial charge in [-0.05, 0) is 80.4 Å². The lowest BCUT2D eigenvalue weighted by Crippen LogP contribution is -2.15. The molecule has 1 N–H and O–H groups in total. The lowest BCUT2D eigenvalue weighted by molar-refractivity contribution is -0.112. The highest BCUT2D eigenvalue weighted by Crippen LogP contribution is 2.23. The molecule has 0 unspecified atom stereocenters. The van der Waals surface area contributed by atoms with Crippen molar-refractivity contribution in [2.24, 2.45) is 0 Å². The molecule has 0 saturated carbocycles. The van der Waals surface area contributed by atoms with E-state index in [9.17, 15) is 10.1 Å². The molecule has 5 nitrogen and oxygen atoms in total. The van der Waals surface area contributed by atoms with Gasteiger partial charge in [0.25, 0.3) is 5.91 Å². The molecule has 0 bridgehead atoms. The van der Waals surface area contributed by atoms with Gasteiger partial charge in [0, 0.05) is 22.8 Å². The average molecular weight is 385 g/mol. The molecule has 29 heavy (non-hydrogen) atoms. The zero-order valence-electron chi connectivity index (χ0n) is 17.0. The van der Waals surface area contributed by atoms with E-state index in [1.807, 2.05) is 86.0 Å². The second-order valence-electron chi connectivity index (χ2n) is 6.80. The summed E-state index contributed by atoms with van der Waals surface area (Å²) in [6, 6.07) is 19.2. The summed E-state index contributed by atoms with van der Waals surface area (Å²) in [5.41, 5.74) is 5.47. The normalized spacial score (nSPS) is 11.1. The van der Waals surface area contributed by atoms with Crippen LogP contribution in [-0.2, 0) is 4.79 Å². The third-order valence-electron chi connectivity index (χ3n) is 4.95. The Morgan fingerprint density at radius 2 is 1.79 bits per heavy atom. The number of ether oxygens (including phenoxy) is 1. The first-order chi connectivity index (χ1) is 13.9. The first kappa shape index (κ1) is 20.0. The van der Waals surface area contributed by atoms with Gasteiger partial charge >= 0.3 is 0 Å². The summed E-state index contributed by atoms with van der Waals surface area (Å²) in [4.78, 5) is 12.7. The second kappa shape index (κ2) is 8.49. The van der Waals surface area contributed by atoms with Crippen LogP contribution in [0, 0.1) is 32.1 Å². The highest BCUT2D eigenvalue weighted by molar-refractivity contribution is 6.10. The van der Waals surface area contributed by atoms with E-state index in [-0.39, 0.29) is 5.57 Å². The lowest BCUT2D eigenvalue weighted by Gasteiger charge is -2.12. The predicted molar refractivity (Wildman–Crippen MR) is 115 cm³/mol. The Morgan fingerprint density at radius 1 is 1.07 bits per heavy atom. The quantitative estimate of drug-likeness (QED) is 0.499. The van der Waals surface area contributed by atoms with Gasteiger partial charge in [-0.15, -0.1) is 0 Å². The minimum atomic E-state index is -0.429. The minimum Gasteiger partial charge on any atom is -0.497 e. The highest BCUT2D eigenvalue weighted by Gasteiger charge is 2.14. The summed E-state index contributed by atoms with van der Waals surface area (Å²) in [6.45, 7) is 5.90. The molecule has 0 aliphatic carbocycles. The largest absolute Gasteiger partial charge is 0.497 e. The molecule has 0 aliphatic heterocycles. The fourth-order valence-electron chi connectivity index (χ4n) is 3.13. The van der Waals surface area contributed by atoms with Crippen LogP contribution in [0.15, 0.2) is 60.2 Å². The highest BCUT2D eigenvalue weighted by atomic mass is 16.5. The smallest absolute Gasteiger partial charge is 0.266 e. The van der Waals surface area contributed by atoms with Crippen molar-refractivity contribution < 1.29 is 9.53 Å². The zero-order valence-corrected chi connectivity index (χ0v) is 17.0. The van der Waals surface area contributed by atoms with Crippen LogP contribution in [0.4, 0.5) is 5.69 Å². The Balaban J connectivity index is 1.94. The van der Waals surface area contributed by atoms with Crippen LogP contribution in [-0.4, -0.2) is 17.6 Å². The van der Waals surface area contributed by atoms with E-state index in [1.54, 1.807) is 13.2 Å². The molecule has 0 saturated heterocycles. The summed E-state index contributed by atoms with van der Waals surface area (Å²) in [7, 11) is 1.62. The number of aromatic nitrogens is 1. The van der Waals surface area contributed by atoms with E-state index in [1.165, 1.54) is 0 Å². The van der Waals surface area contributed by atoms with Crippen LogP contribution in [0.3, 0.4) is 0 Å². The van der Waals surface area contributed by atoms with Crippen LogP contribution in [0.25, 0.3) is 11.8 Å². The maximum atomic E-state index is 12.7. The van der Waals surface area contributed by atoms with Gasteiger partial charge in [-0.3, -0.25) is 4.79 Å². The van der Waals surface area contributed by atoms with E-state index < -0.39 is 5.91 Å². The summed E-state index contributed by atoms with van der Waals surface area (Å²) in [5, 5.41) is 12.4. The summed E-state index contributed by atoms with van der Waals surface area (Å²) in [6.07, 6.45) is 1.61. The van der Waals surface area contributed by atoms with Gasteiger partial charge in [0.15, 0.2) is 0 Å². The van der Waals surface area contributed by atoms with Crippen LogP contribution in [0.1, 0.15) is 22.5 Å². The molecule has 2 aromatic carbocycles. The Labute approximate surface area is 170 Å². The fourth-order valence-corrected chi connectivity index (χ4v) is 3.13. The van der Waals surface area contributed by atoms with Gasteiger partial charge in [0.1, 0.15) is 17.4 Å². The molecule has 3 rings (SSSR count). The number of carbonyl (C=O) groups is 1. The van der Waals surface area contributed by atoms with Crippen molar-refractivity contribution in [3.8, 4) is 17.5 Å². The lowest BCUT2D eigenvalue weighted by atomic mass is 10.1. The number of nitrogens with one attached hydrogen (secondary N) is 1. The van der Waals surface area contributed by atoms with Crippen LogP contribution in [0.2, 0.25) is 0 Å². The van der Waals surface area contributed by atoms with Crippen molar-refractivity contribution in [3.05, 3.63) is 82.7 Å². The van der Waals surface area contributed by atoms with Gasteiger partial charge in [0.05, 0.1) is 7.11 Å². The molecule has 1 heterocycles. The van der Waals surface area contributed by atoms with Gasteiger partial charge in [0.2, 0.25) is 0 Å². The van der Waals surface area contributed by atoms with Crippen LogP contribution < -0.4 is 10.1 Å². The van der Waals surface area contributed by atoms with Crippen LogP contribution >= 0.6 is 0 Å². The third kappa shape index (κ3) is 4.22. The van der Waals surface area contributed by atoms with E-state index in [0.717, 1.165) is 34.0 Å². The van der Waals surface area contributed by atoms with E-state index in [2.05, 4.69) is 5.32 Å². The molecule has 3 aromatic rings. The SMILES string of the molecule is COc1ccc(-n2c(C)ccc2/C=C(/C#N)C(=O)Nc2cccc(C)c2C)cc1. The number of methoxy groups -OCH3 is 1. The molecule has 1 amide bonds. The van der Waals surface area contributed by atoms with Crippen molar-refractivity contribution in [2.75, 3.05) is 12.4 Å². The Kier molecular flexibility index (Phi) is 5.85. The second-order valence-corrected chi connectivity index (χ2v) is 6.80. The Hall–Kier alpha value is -3.78. The zero-order chi connectivity index (χ0) is 21.0. The topological polar surface area (TPSA) is 67.0 Å². The first-order valence-electron chi connectivity index (χ1n) is 9.26. The maximum absolute atomic E-state index is 12.7. The standard InChI is InChI=1S/C24H23N3O2/c1-16-6-5-7-23(18(16)3)26-24(28)19(15-25)14-21-9-8-17(2)27(21)20-10-12-22(29-4)13-11-20/h5-14H,1-4H3,(H,26,28)/b19-14-. The molecular formula is C24H23N3O2. The van der Waals surface area contributed by atoms with Crippen molar-refractivity contribution in [1.29, 1.82) is 5.26 Å². The number of hydrogen-bond donors (Lipinski definition) is 1. The number of nitrogens with zero attached hydrogens (tertiary/aromatic N) is 2. The maximum Gasteiger partial charge on any atom is 0.266 e. The van der Waals surface area contributed by atoms with E-state index in [4.69, 9.17) is 4.74 Å². The molecule has 1 aromatic heterocycles. The van der Waals surface area contributed by atoms with Crippen molar-refractivity contribution in [3.63, 3.8) is 0 Å². The summed E-state index contributed by atoms with van der Waals surface area (Å²) >= 11 is 0. The number of carbonyl (C=O) groups excluding carboxylic acids is 1. The molecule has 5 heteroatoms. The number of benzene rings is 2. The number of nitriles is 1. The number of hydrogen-bond acceptors (Lipinski definition) is 3. The molecule has 0 spiro atoms. The van der Waals surface area contributed by atoms with Gasteiger partial charge < -0.3 is 14.6 Å². The predicted octanol–water partition coefficient (Wildman–Crippen LogP) is 4.96. The molecular weight excluding hydrogens is 362 g/mol. The third-order valence-corrected chi connectivity index (χ3v) is 4.95.